The highest BCUT2D eigenvalue weighted by Crippen LogP contribution is 2.30. The van der Waals surface area contributed by atoms with Crippen LogP contribution >= 0.6 is 0 Å². The van der Waals surface area contributed by atoms with Crippen molar-refractivity contribution >= 4 is 17.9 Å². The number of methoxy groups -OCH3 is 1. The molecule has 0 spiro atoms. The molecule has 0 N–H and O–H groups in total. The van der Waals surface area contributed by atoms with Gasteiger partial charge in [-0.1, -0.05) is 66.7 Å². The molecule has 0 radical (unpaired) electrons. The van der Waals surface area contributed by atoms with Crippen LogP contribution in [0.15, 0.2) is 90.0 Å². The highest BCUT2D eigenvalue weighted by atomic mass is 16.5. The molecule has 0 aromatic heterocycles. The molecule has 0 bridgehead atoms. The fraction of sp³-hybridized carbons (Fsp3) is 0.115. The smallest absolute Gasteiger partial charge is 0.185 e. The minimum atomic E-state index is 0.156. The summed E-state index contributed by atoms with van der Waals surface area (Å²) in [4.78, 5) is 12.8. The Morgan fingerprint density at radius 3 is 1.71 bits per heavy atom. The molecule has 3 aromatic carbocycles. The number of carbonyl (C=O) groups excluding carboxylic acids is 1. The van der Waals surface area contributed by atoms with E-state index in [1.807, 2.05) is 54.6 Å². The third-order valence-electron chi connectivity index (χ3n) is 5.06. The summed E-state index contributed by atoms with van der Waals surface area (Å²) in [6, 6.07) is 26.4. The van der Waals surface area contributed by atoms with Crippen molar-refractivity contribution in [3.05, 3.63) is 101 Å². The van der Waals surface area contributed by atoms with E-state index in [9.17, 15) is 4.79 Å². The van der Waals surface area contributed by atoms with E-state index < -0.39 is 0 Å². The number of ketones is 1. The molecule has 28 heavy (non-hydrogen) atoms. The maximum absolute atomic E-state index is 12.8. The van der Waals surface area contributed by atoms with Gasteiger partial charge in [0, 0.05) is 11.1 Å². The number of allylic oxidation sites excluding steroid dienone is 2. The molecule has 0 amide bonds. The Bertz CT molecular complexity index is 1020. The molecule has 0 atom stereocenters. The fourth-order valence-corrected chi connectivity index (χ4v) is 3.48. The molecule has 1 saturated carbocycles. The van der Waals surface area contributed by atoms with Crippen LogP contribution < -0.4 is 4.74 Å². The summed E-state index contributed by atoms with van der Waals surface area (Å²) in [7, 11) is 1.65. The fourth-order valence-electron chi connectivity index (χ4n) is 3.48. The number of rotatable bonds is 4. The Hall–Kier alpha value is -3.39. The van der Waals surface area contributed by atoms with E-state index in [0.29, 0.717) is 0 Å². The van der Waals surface area contributed by atoms with Crippen molar-refractivity contribution in [1.29, 1.82) is 0 Å². The average molecular weight is 366 g/mol. The molecule has 0 unspecified atom stereocenters. The second-order valence-corrected chi connectivity index (χ2v) is 6.93. The van der Waals surface area contributed by atoms with Gasteiger partial charge >= 0.3 is 0 Å². The standard InChI is InChI=1S/C26H22O2/c1-28-25-15-9-20(10-16-25)18-24-14-13-23(26(24)27)17-19-7-11-22(12-8-19)21-5-3-2-4-6-21/h2-12,15-18H,13-14H2,1H3. The van der Waals surface area contributed by atoms with Crippen molar-refractivity contribution < 1.29 is 9.53 Å². The van der Waals surface area contributed by atoms with Crippen LogP contribution in [0.3, 0.4) is 0 Å². The number of hydrogen-bond donors (Lipinski definition) is 0. The lowest BCUT2D eigenvalue weighted by molar-refractivity contribution is -0.111. The maximum Gasteiger partial charge on any atom is 0.185 e. The predicted octanol–water partition coefficient (Wildman–Crippen LogP) is 6.19. The number of hydrogen-bond acceptors (Lipinski definition) is 2. The van der Waals surface area contributed by atoms with Crippen molar-refractivity contribution in [3.63, 3.8) is 0 Å². The molecule has 0 heterocycles. The number of Topliss-reactive ketones (excluding diaryl/α,β-unsaturated/α-hetero) is 1. The zero-order valence-electron chi connectivity index (χ0n) is 15.9. The number of carbonyl (C=O) groups is 1. The predicted molar refractivity (Wildman–Crippen MR) is 115 cm³/mol. The number of ether oxygens (including phenoxy) is 1. The third kappa shape index (κ3) is 3.96. The van der Waals surface area contributed by atoms with Crippen molar-refractivity contribution in [3.8, 4) is 16.9 Å². The highest BCUT2D eigenvalue weighted by Gasteiger charge is 2.22. The number of benzene rings is 3. The van der Waals surface area contributed by atoms with Crippen molar-refractivity contribution in [2.24, 2.45) is 0 Å². The van der Waals surface area contributed by atoms with Gasteiger partial charge in [0.25, 0.3) is 0 Å². The minimum absolute atomic E-state index is 0.156. The van der Waals surface area contributed by atoms with Crippen LogP contribution in [0.5, 0.6) is 5.75 Å². The van der Waals surface area contributed by atoms with Crippen LogP contribution in [-0.2, 0) is 4.79 Å². The van der Waals surface area contributed by atoms with Crippen LogP contribution in [-0.4, -0.2) is 12.9 Å². The first-order chi connectivity index (χ1) is 13.7. The quantitative estimate of drug-likeness (QED) is 0.515. The van der Waals surface area contributed by atoms with Gasteiger partial charge in [0.1, 0.15) is 5.75 Å². The molecule has 1 aliphatic rings. The van der Waals surface area contributed by atoms with E-state index >= 15 is 0 Å². The molecule has 2 heteroatoms. The molecule has 2 nitrogen and oxygen atoms in total. The molecule has 0 aliphatic heterocycles. The van der Waals surface area contributed by atoms with Gasteiger partial charge in [-0.3, -0.25) is 4.79 Å². The summed E-state index contributed by atoms with van der Waals surface area (Å²) in [6.45, 7) is 0. The van der Waals surface area contributed by atoms with Crippen LogP contribution in [0.1, 0.15) is 24.0 Å². The summed E-state index contributed by atoms with van der Waals surface area (Å²) in [6.07, 6.45) is 5.59. The van der Waals surface area contributed by atoms with Gasteiger partial charge < -0.3 is 4.74 Å². The van der Waals surface area contributed by atoms with E-state index in [0.717, 1.165) is 40.9 Å². The zero-order chi connectivity index (χ0) is 19.3. The first-order valence-corrected chi connectivity index (χ1v) is 9.48. The lowest BCUT2D eigenvalue weighted by atomic mass is 10.0. The van der Waals surface area contributed by atoms with Gasteiger partial charge in [-0.2, -0.15) is 0 Å². The van der Waals surface area contributed by atoms with Gasteiger partial charge in [0.05, 0.1) is 7.11 Å². The molecule has 1 aliphatic carbocycles. The Morgan fingerprint density at radius 1 is 0.679 bits per heavy atom. The third-order valence-corrected chi connectivity index (χ3v) is 5.06. The van der Waals surface area contributed by atoms with Crippen molar-refractivity contribution in [2.45, 2.75) is 12.8 Å². The first-order valence-electron chi connectivity index (χ1n) is 9.48. The van der Waals surface area contributed by atoms with Crippen LogP contribution in [0.25, 0.3) is 23.3 Å². The average Bonchev–Trinajstić information content (AvgIpc) is 3.09. The Morgan fingerprint density at radius 2 is 1.18 bits per heavy atom. The molecule has 0 saturated heterocycles. The minimum Gasteiger partial charge on any atom is -0.497 e. The van der Waals surface area contributed by atoms with Crippen LogP contribution in [0.4, 0.5) is 0 Å². The van der Waals surface area contributed by atoms with Gasteiger partial charge in [0.15, 0.2) is 5.78 Å². The van der Waals surface area contributed by atoms with E-state index in [1.54, 1.807) is 7.11 Å². The molecule has 4 rings (SSSR count). The summed E-state index contributed by atoms with van der Waals surface area (Å²) in [5.41, 5.74) is 6.22. The first kappa shape index (κ1) is 18.0. The van der Waals surface area contributed by atoms with Crippen molar-refractivity contribution in [1.82, 2.24) is 0 Å². The second-order valence-electron chi connectivity index (χ2n) is 6.93. The van der Waals surface area contributed by atoms with Gasteiger partial charge in [-0.25, -0.2) is 0 Å². The SMILES string of the molecule is COc1ccc(C=C2CCC(=Cc3ccc(-c4ccccc4)cc3)C2=O)cc1. The van der Waals surface area contributed by atoms with E-state index in [4.69, 9.17) is 4.74 Å². The summed E-state index contributed by atoms with van der Waals surface area (Å²) in [5, 5.41) is 0. The van der Waals surface area contributed by atoms with Gasteiger partial charge in [-0.05, 0) is 59.4 Å². The Balaban J connectivity index is 1.51. The van der Waals surface area contributed by atoms with Crippen molar-refractivity contribution in [2.75, 3.05) is 7.11 Å². The molecular weight excluding hydrogens is 344 g/mol. The lowest BCUT2D eigenvalue weighted by Gasteiger charge is -2.03. The molecule has 3 aromatic rings. The lowest BCUT2D eigenvalue weighted by Crippen LogP contribution is -1.95. The second kappa shape index (κ2) is 8.10. The largest absolute Gasteiger partial charge is 0.497 e. The topological polar surface area (TPSA) is 26.3 Å². The molecule has 138 valence electrons. The molecular formula is C26H22O2. The zero-order valence-corrected chi connectivity index (χ0v) is 15.9. The maximum atomic E-state index is 12.8. The molecule has 1 fully saturated rings. The van der Waals surface area contributed by atoms with E-state index in [2.05, 4.69) is 36.4 Å². The monoisotopic (exact) mass is 366 g/mol. The highest BCUT2D eigenvalue weighted by molar-refractivity contribution is 6.15. The van der Waals surface area contributed by atoms with Crippen LogP contribution in [0.2, 0.25) is 0 Å². The van der Waals surface area contributed by atoms with Crippen LogP contribution in [0, 0.1) is 0 Å². The Kier molecular flexibility index (Phi) is 5.20. The van der Waals surface area contributed by atoms with E-state index in [-0.39, 0.29) is 5.78 Å². The van der Waals surface area contributed by atoms with Gasteiger partial charge in [-0.15, -0.1) is 0 Å². The normalized spacial score (nSPS) is 16.7. The van der Waals surface area contributed by atoms with E-state index in [1.165, 1.54) is 11.1 Å². The summed E-state index contributed by atoms with van der Waals surface area (Å²) >= 11 is 0. The summed E-state index contributed by atoms with van der Waals surface area (Å²) in [5.74, 6) is 0.974. The van der Waals surface area contributed by atoms with Gasteiger partial charge in [0.2, 0.25) is 0 Å². The summed E-state index contributed by atoms with van der Waals surface area (Å²) < 4.78 is 5.18. The Labute approximate surface area is 165 Å².